The third-order valence-corrected chi connectivity index (χ3v) is 1.21. The Morgan fingerprint density at radius 3 is 1.83 bits per heavy atom. The molecule has 0 aliphatic rings. The molecule has 0 radical (unpaired) electrons. The molecular formula is C7H3NO4-2. The Kier molecular flexibility index (Phi) is 2.05. The fourth-order valence-corrected chi connectivity index (χ4v) is 0.663. The first-order valence-corrected chi connectivity index (χ1v) is 2.99. The van der Waals surface area contributed by atoms with E-state index in [1.807, 2.05) is 0 Å². The molecule has 0 spiro atoms. The number of hydrogen-bond acceptors (Lipinski definition) is 5. The second-order valence-corrected chi connectivity index (χ2v) is 2.04. The summed E-state index contributed by atoms with van der Waals surface area (Å²) in [5, 5.41) is 20.4. The number of carboxylic acid groups (broad SMARTS) is 2. The van der Waals surface area contributed by atoms with Crippen molar-refractivity contribution in [1.82, 2.24) is 4.98 Å². The van der Waals surface area contributed by atoms with Gasteiger partial charge in [0.1, 0.15) is 0 Å². The van der Waals surface area contributed by atoms with Crippen LogP contribution in [-0.2, 0) is 0 Å². The number of carboxylic acids is 2. The van der Waals surface area contributed by atoms with Gasteiger partial charge in [-0.3, -0.25) is 4.98 Å². The van der Waals surface area contributed by atoms with Crippen LogP contribution in [-0.4, -0.2) is 16.9 Å². The lowest BCUT2D eigenvalue weighted by Gasteiger charge is -2.04. The van der Waals surface area contributed by atoms with Gasteiger partial charge in [0.2, 0.25) is 0 Å². The first-order chi connectivity index (χ1) is 5.61. The average Bonchev–Trinajstić information content (AvgIpc) is 2.04. The summed E-state index contributed by atoms with van der Waals surface area (Å²) < 4.78 is 0. The molecule has 0 saturated heterocycles. The monoisotopic (exact) mass is 165 g/mol. The molecule has 62 valence electrons. The Bertz CT molecular complexity index is 305. The van der Waals surface area contributed by atoms with E-state index in [0.717, 1.165) is 18.5 Å². The Morgan fingerprint density at radius 2 is 1.50 bits per heavy atom. The van der Waals surface area contributed by atoms with Crippen molar-refractivity contribution in [2.24, 2.45) is 0 Å². The van der Waals surface area contributed by atoms with Crippen molar-refractivity contribution in [2.45, 2.75) is 0 Å². The molecule has 0 aliphatic carbocycles. The number of pyridine rings is 1. The van der Waals surface area contributed by atoms with Gasteiger partial charge in [-0.15, -0.1) is 0 Å². The standard InChI is InChI=1S/C7H5NO4/c9-6(10)4-1-5(7(11)12)3-8-2-4/h1-3H,(H,9,10)(H,11,12)/p-2. The number of carbonyl (C=O) groups is 2. The van der Waals surface area contributed by atoms with Gasteiger partial charge in [-0.1, -0.05) is 0 Å². The number of rotatable bonds is 2. The quantitative estimate of drug-likeness (QED) is 0.496. The van der Waals surface area contributed by atoms with Crippen LogP contribution in [0.3, 0.4) is 0 Å². The van der Waals surface area contributed by atoms with Gasteiger partial charge >= 0.3 is 0 Å². The summed E-state index contributed by atoms with van der Waals surface area (Å²) >= 11 is 0. The highest BCUT2D eigenvalue weighted by atomic mass is 16.4. The van der Waals surface area contributed by atoms with Crippen molar-refractivity contribution in [2.75, 3.05) is 0 Å². The summed E-state index contributed by atoms with van der Waals surface area (Å²) in [6.45, 7) is 0. The van der Waals surface area contributed by atoms with E-state index in [1.165, 1.54) is 0 Å². The molecule has 5 heteroatoms. The van der Waals surface area contributed by atoms with E-state index in [9.17, 15) is 19.8 Å². The van der Waals surface area contributed by atoms with E-state index < -0.39 is 11.9 Å². The maximum absolute atomic E-state index is 10.2. The zero-order chi connectivity index (χ0) is 9.14. The van der Waals surface area contributed by atoms with E-state index >= 15 is 0 Å². The molecule has 1 aromatic heterocycles. The van der Waals surface area contributed by atoms with Crippen molar-refractivity contribution in [3.63, 3.8) is 0 Å². The molecule has 12 heavy (non-hydrogen) atoms. The van der Waals surface area contributed by atoms with Crippen molar-refractivity contribution < 1.29 is 19.8 Å². The van der Waals surface area contributed by atoms with Crippen LogP contribution in [0.15, 0.2) is 18.5 Å². The average molecular weight is 165 g/mol. The lowest BCUT2D eigenvalue weighted by molar-refractivity contribution is -0.255. The number of nitrogens with zero attached hydrogens (tertiary/aromatic N) is 1. The molecule has 1 rings (SSSR count). The second-order valence-electron chi connectivity index (χ2n) is 2.04. The predicted molar refractivity (Wildman–Crippen MR) is 32.9 cm³/mol. The maximum atomic E-state index is 10.2. The van der Waals surface area contributed by atoms with Crippen LogP contribution >= 0.6 is 0 Å². The highest BCUT2D eigenvalue weighted by Gasteiger charge is 1.97. The van der Waals surface area contributed by atoms with Crippen molar-refractivity contribution >= 4 is 11.9 Å². The molecule has 1 heterocycles. The van der Waals surface area contributed by atoms with Gasteiger partial charge in [0, 0.05) is 23.5 Å². The van der Waals surface area contributed by atoms with Crippen LogP contribution in [0.5, 0.6) is 0 Å². The van der Waals surface area contributed by atoms with Gasteiger partial charge in [-0.05, 0) is 6.07 Å². The molecule has 1 aromatic rings. The summed E-state index contributed by atoms with van der Waals surface area (Å²) in [5.41, 5.74) is -0.562. The Labute approximate surface area is 67.3 Å². The van der Waals surface area contributed by atoms with Crippen molar-refractivity contribution in [3.05, 3.63) is 29.6 Å². The Morgan fingerprint density at radius 1 is 1.08 bits per heavy atom. The van der Waals surface area contributed by atoms with Gasteiger partial charge in [-0.25, -0.2) is 0 Å². The molecule has 0 N–H and O–H groups in total. The number of carbonyl (C=O) groups excluding carboxylic acids is 2. The van der Waals surface area contributed by atoms with Crippen molar-refractivity contribution in [3.8, 4) is 0 Å². The molecule has 0 fully saturated rings. The van der Waals surface area contributed by atoms with Crippen LogP contribution < -0.4 is 10.2 Å². The van der Waals surface area contributed by atoms with E-state index in [2.05, 4.69) is 4.98 Å². The topological polar surface area (TPSA) is 93.2 Å². The molecule has 0 unspecified atom stereocenters. The van der Waals surface area contributed by atoms with E-state index in [-0.39, 0.29) is 11.1 Å². The SMILES string of the molecule is O=C([O-])c1cncc(C(=O)[O-])c1. The van der Waals surface area contributed by atoms with E-state index in [1.54, 1.807) is 0 Å². The smallest absolute Gasteiger partial charge is 0.0731 e. The minimum atomic E-state index is -1.47. The van der Waals surface area contributed by atoms with Crippen LogP contribution in [0.1, 0.15) is 20.7 Å². The van der Waals surface area contributed by atoms with Gasteiger partial charge in [-0.2, -0.15) is 0 Å². The number of aromatic nitrogens is 1. The number of hydrogen-bond donors (Lipinski definition) is 0. The fraction of sp³-hybridized carbons (Fsp3) is 0. The van der Waals surface area contributed by atoms with Gasteiger partial charge in [0.05, 0.1) is 11.9 Å². The first-order valence-electron chi connectivity index (χ1n) is 2.99. The highest BCUT2D eigenvalue weighted by Crippen LogP contribution is 1.99. The van der Waals surface area contributed by atoms with Gasteiger partial charge in [0.25, 0.3) is 0 Å². The molecule has 0 aromatic carbocycles. The molecular weight excluding hydrogens is 162 g/mol. The normalized spacial score (nSPS) is 9.33. The predicted octanol–water partition coefficient (Wildman–Crippen LogP) is -2.19. The molecule has 0 saturated carbocycles. The first kappa shape index (κ1) is 8.19. The highest BCUT2D eigenvalue weighted by molar-refractivity contribution is 5.91. The van der Waals surface area contributed by atoms with Crippen molar-refractivity contribution in [1.29, 1.82) is 0 Å². The van der Waals surface area contributed by atoms with E-state index in [4.69, 9.17) is 0 Å². The Hall–Kier alpha value is -1.91. The van der Waals surface area contributed by atoms with Crippen LogP contribution in [0.4, 0.5) is 0 Å². The van der Waals surface area contributed by atoms with E-state index in [0.29, 0.717) is 0 Å². The fourth-order valence-electron chi connectivity index (χ4n) is 0.663. The summed E-state index contributed by atoms with van der Waals surface area (Å²) in [5.74, 6) is -2.93. The minimum Gasteiger partial charge on any atom is -0.545 e. The summed E-state index contributed by atoms with van der Waals surface area (Å²) in [6, 6.07) is 0.928. The summed E-state index contributed by atoms with van der Waals surface area (Å²) in [6.07, 6.45) is 2.00. The largest absolute Gasteiger partial charge is 0.545 e. The third kappa shape index (κ3) is 1.57. The molecule has 5 nitrogen and oxygen atoms in total. The summed E-state index contributed by atoms with van der Waals surface area (Å²) in [4.78, 5) is 23.8. The number of aromatic carboxylic acids is 2. The van der Waals surface area contributed by atoms with Crippen LogP contribution in [0.25, 0.3) is 0 Å². The molecule has 0 atom stereocenters. The van der Waals surface area contributed by atoms with Crippen LogP contribution in [0.2, 0.25) is 0 Å². The molecule has 0 bridgehead atoms. The molecule has 0 aliphatic heterocycles. The van der Waals surface area contributed by atoms with Gasteiger partial charge < -0.3 is 19.8 Å². The minimum absolute atomic E-state index is 0.281. The zero-order valence-corrected chi connectivity index (χ0v) is 5.81. The summed E-state index contributed by atoms with van der Waals surface area (Å²) in [7, 11) is 0. The Balaban J connectivity index is 3.12. The second kappa shape index (κ2) is 3.00. The lowest BCUT2D eigenvalue weighted by atomic mass is 10.2. The maximum Gasteiger partial charge on any atom is 0.0731 e. The molecule has 0 amide bonds. The van der Waals surface area contributed by atoms with Gasteiger partial charge in [0.15, 0.2) is 0 Å². The third-order valence-electron chi connectivity index (χ3n) is 1.21. The lowest BCUT2D eigenvalue weighted by Crippen LogP contribution is -2.25. The van der Waals surface area contributed by atoms with Crippen LogP contribution in [0, 0.1) is 0 Å². The zero-order valence-electron chi connectivity index (χ0n) is 5.81.